The average Bonchev–Trinajstić information content (AvgIpc) is 2.66. The molecule has 0 bridgehead atoms. The predicted octanol–water partition coefficient (Wildman–Crippen LogP) is 2.91. The van der Waals surface area contributed by atoms with E-state index in [9.17, 15) is 8.42 Å². The molecule has 0 saturated heterocycles. The molecule has 0 atom stereocenters. The van der Waals surface area contributed by atoms with E-state index in [2.05, 4.69) is 26.4 Å². The molecule has 0 unspecified atom stereocenters. The topological polar surface area (TPSA) is 82.6 Å². The van der Waals surface area contributed by atoms with Crippen LogP contribution in [0.3, 0.4) is 0 Å². The molecule has 1 aliphatic carbocycles. The summed E-state index contributed by atoms with van der Waals surface area (Å²) in [5.41, 5.74) is 3.39. The van der Waals surface area contributed by atoms with Crippen molar-refractivity contribution in [3.8, 4) is 0 Å². The van der Waals surface area contributed by atoms with Crippen molar-refractivity contribution in [2.24, 2.45) is 4.99 Å². The Hall–Kier alpha value is -1.13. The summed E-state index contributed by atoms with van der Waals surface area (Å²) in [6.45, 7) is 1.52. The van der Waals surface area contributed by atoms with E-state index in [4.69, 9.17) is 0 Å². The summed E-state index contributed by atoms with van der Waals surface area (Å²) in [5, 5.41) is 6.64. The van der Waals surface area contributed by atoms with Gasteiger partial charge in [0.1, 0.15) is 0 Å². The van der Waals surface area contributed by atoms with Gasteiger partial charge in [0.2, 0.25) is 10.0 Å². The van der Waals surface area contributed by atoms with Gasteiger partial charge in [0, 0.05) is 20.1 Å². The highest BCUT2D eigenvalue weighted by Crippen LogP contribution is 2.19. The van der Waals surface area contributed by atoms with E-state index in [1.54, 1.807) is 12.6 Å². The number of guanidine groups is 1. The third-order valence-corrected chi connectivity index (χ3v) is 5.83. The second kappa shape index (κ2) is 12.4. The molecule has 3 N–H and O–H groups in total. The van der Waals surface area contributed by atoms with Crippen molar-refractivity contribution in [3.05, 3.63) is 47.0 Å². The lowest BCUT2D eigenvalue weighted by atomic mass is 9.97. The van der Waals surface area contributed by atoms with Crippen LogP contribution in [0.25, 0.3) is 0 Å². The summed E-state index contributed by atoms with van der Waals surface area (Å²) in [6, 6.07) is 7.57. The summed E-state index contributed by atoms with van der Waals surface area (Å²) >= 11 is 0. The SMILES string of the molecule is CN=C(NCCC1=CCCCC1)NCc1ccc(CS(=O)(=O)NC)cc1.I. The van der Waals surface area contributed by atoms with E-state index in [0.29, 0.717) is 6.54 Å². The van der Waals surface area contributed by atoms with Crippen LogP contribution in [0.5, 0.6) is 0 Å². The number of aliphatic imine (C=N–C) groups is 1. The minimum absolute atomic E-state index is 0. The Morgan fingerprint density at radius 2 is 1.81 bits per heavy atom. The first kappa shape index (κ1) is 23.9. The van der Waals surface area contributed by atoms with Crippen LogP contribution in [-0.4, -0.2) is 35.0 Å². The van der Waals surface area contributed by atoms with Crippen molar-refractivity contribution in [1.29, 1.82) is 0 Å². The van der Waals surface area contributed by atoms with Crippen molar-refractivity contribution in [1.82, 2.24) is 15.4 Å². The van der Waals surface area contributed by atoms with Gasteiger partial charge in [0.25, 0.3) is 0 Å². The van der Waals surface area contributed by atoms with Crippen molar-refractivity contribution in [2.45, 2.75) is 44.4 Å². The van der Waals surface area contributed by atoms with Gasteiger partial charge < -0.3 is 10.6 Å². The number of hydrogen-bond acceptors (Lipinski definition) is 3. The summed E-state index contributed by atoms with van der Waals surface area (Å²) in [7, 11) is -0.0417. The molecule has 0 spiro atoms. The highest BCUT2D eigenvalue weighted by molar-refractivity contribution is 14.0. The molecule has 0 heterocycles. The smallest absolute Gasteiger partial charge is 0.215 e. The second-order valence-electron chi connectivity index (χ2n) is 6.49. The summed E-state index contributed by atoms with van der Waals surface area (Å²) < 4.78 is 25.5. The van der Waals surface area contributed by atoms with Gasteiger partial charge in [-0.1, -0.05) is 35.9 Å². The Kier molecular flexibility index (Phi) is 10.9. The van der Waals surface area contributed by atoms with Gasteiger partial charge in [-0.2, -0.15) is 0 Å². The number of nitrogens with one attached hydrogen (secondary N) is 3. The minimum Gasteiger partial charge on any atom is -0.356 e. The van der Waals surface area contributed by atoms with Gasteiger partial charge in [-0.05, 0) is 50.3 Å². The molecule has 1 aliphatic rings. The van der Waals surface area contributed by atoms with Crippen molar-refractivity contribution >= 4 is 40.0 Å². The number of benzene rings is 1. The molecule has 6 nitrogen and oxygen atoms in total. The fourth-order valence-electron chi connectivity index (χ4n) is 2.92. The Labute approximate surface area is 180 Å². The molecular formula is C19H31IN4O2S. The van der Waals surface area contributed by atoms with E-state index >= 15 is 0 Å². The van der Waals surface area contributed by atoms with Gasteiger partial charge >= 0.3 is 0 Å². The zero-order valence-electron chi connectivity index (χ0n) is 16.1. The maximum absolute atomic E-state index is 11.6. The van der Waals surface area contributed by atoms with Gasteiger partial charge in [-0.3, -0.25) is 4.99 Å². The van der Waals surface area contributed by atoms with Crippen LogP contribution in [0.2, 0.25) is 0 Å². The van der Waals surface area contributed by atoms with Crippen molar-refractivity contribution in [3.63, 3.8) is 0 Å². The monoisotopic (exact) mass is 506 g/mol. The zero-order chi connectivity index (χ0) is 18.8. The molecule has 0 aliphatic heterocycles. The van der Waals surface area contributed by atoms with Gasteiger partial charge in [0.05, 0.1) is 5.75 Å². The standard InChI is InChI=1S/C19H30N4O2S.HI/c1-20-19(22-13-12-16-6-4-3-5-7-16)23-14-17-8-10-18(11-9-17)15-26(24,25)21-2;/h6,8-11,21H,3-5,7,12-15H2,1-2H3,(H2,20,22,23);1H. The first-order valence-corrected chi connectivity index (χ1v) is 10.8. The van der Waals surface area contributed by atoms with E-state index in [1.807, 2.05) is 24.3 Å². The molecule has 8 heteroatoms. The van der Waals surface area contributed by atoms with Crippen LogP contribution >= 0.6 is 24.0 Å². The molecule has 27 heavy (non-hydrogen) atoms. The Bertz CT molecular complexity index is 731. The van der Waals surface area contributed by atoms with Crippen molar-refractivity contribution in [2.75, 3.05) is 20.6 Å². The van der Waals surface area contributed by atoms with Crippen LogP contribution in [0, 0.1) is 0 Å². The number of allylic oxidation sites excluding steroid dienone is 1. The lowest BCUT2D eigenvalue weighted by Gasteiger charge is -2.15. The van der Waals surface area contributed by atoms with Crippen LogP contribution in [-0.2, 0) is 22.3 Å². The maximum atomic E-state index is 11.6. The number of halogens is 1. The van der Waals surface area contributed by atoms with Gasteiger partial charge in [0.15, 0.2) is 5.96 Å². The number of hydrogen-bond donors (Lipinski definition) is 3. The number of nitrogens with zero attached hydrogens (tertiary/aromatic N) is 1. The first-order chi connectivity index (χ1) is 12.5. The predicted molar refractivity (Wildman–Crippen MR) is 123 cm³/mol. The van der Waals surface area contributed by atoms with Crippen LogP contribution in [0.15, 0.2) is 40.9 Å². The largest absolute Gasteiger partial charge is 0.356 e. The zero-order valence-corrected chi connectivity index (χ0v) is 19.3. The van der Waals surface area contributed by atoms with Crippen LogP contribution < -0.4 is 15.4 Å². The lowest BCUT2D eigenvalue weighted by molar-refractivity contribution is 0.587. The number of rotatable bonds is 8. The second-order valence-corrected chi connectivity index (χ2v) is 8.42. The molecule has 1 aromatic carbocycles. The van der Waals surface area contributed by atoms with E-state index < -0.39 is 10.0 Å². The highest BCUT2D eigenvalue weighted by atomic mass is 127. The fourth-order valence-corrected chi connectivity index (χ4v) is 3.70. The van der Waals surface area contributed by atoms with E-state index in [1.165, 1.54) is 32.7 Å². The number of sulfonamides is 1. The normalized spacial score (nSPS) is 14.9. The van der Waals surface area contributed by atoms with Crippen LogP contribution in [0.4, 0.5) is 0 Å². The molecule has 0 saturated carbocycles. The molecule has 1 aromatic rings. The fraction of sp³-hybridized carbons (Fsp3) is 0.526. The van der Waals surface area contributed by atoms with Crippen molar-refractivity contribution < 1.29 is 8.42 Å². The summed E-state index contributed by atoms with van der Waals surface area (Å²) in [5.74, 6) is 0.777. The average molecular weight is 506 g/mol. The molecule has 0 fully saturated rings. The lowest BCUT2D eigenvalue weighted by Crippen LogP contribution is -2.37. The molecule has 0 aromatic heterocycles. The molecule has 0 amide bonds. The molecule has 0 radical (unpaired) electrons. The third kappa shape index (κ3) is 9.07. The van der Waals surface area contributed by atoms with Gasteiger partial charge in [-0.15, -0.1) is 24.0 Å². The summed E-state index contributed by atoms with van der Waals surface area (Å²) in [6.07, 6.45) is 8.51. The van der Waals surface area contributed by atoms with Crippen LogP contribution in [0.1, 0.15) is 43.2 Å². The Morgan fingerprint density at radius 3 is 2.41 bits per heavy atom. The maximum Gasteiger partial charge on any atom is 0.215 e. The Morgan fingerprint density at radius 1 is 1.11 bits per heavy atom. The van der Waals surface area contributed by atoms with E-state index in [0.717, 1.165) is 30.1 Å². The molecular weight excluding hydrogens is 475 g/mol. The minimum atomic E-state index is -3.23. The quantitative estimate of drug-likeness (QED) is 0.219. The Balaban J connectivity index is 0.00000364. The molecule has 2 rings (SSSR count). The third-order valence-electron chi connectivity index (χ3n) is 4.50. The highest BCUT2D eigenvalue weighted by Gasteiger charge is 2.08. The van der Waals surface area contributed by atoms with E-state index in [-0.39, 0.29) is 29.7 Å². The molecule has 152 valence electrons. The van der Waals surface area contributed by atoms with Gasteiger partial charge in [-0.25, -0.2) is 13.1 Å². The first-order valence-electron chi connectivity index (χ1n) is 9.14. The summed E-state index contributed by atoms with van der Waals surface area (Å²) in [4.78, 5) is 4.25.